The van der Waals surface area contributed by atoms with Gasteiger partial charge in [0, 0.05) is 35.9 Å². The van der Waals surface area contributed by atoms with E-state index in [4.69, 9.17) is 0 Å². The maximum absolute atomic E-state index is 11.5. The van der Waals surface area contributed by atoms with E-state index in [1.165, 1.54) is 0 Å². The van der Waals surface area contributed by atoms with Crippen molar-refractivity contribution in [3.63, 3.8) is 0 Å². The third-order valence-corrected chi connectivity index (χ3v) is 3.14. The molecule has 0 aliphatic carbocycles. The van der Waals surface area contributed by atoms with Crippen molar-refractivity contribution in [1.29, 1.82) is 0 Å². The van der Waals surface area contributed by atoms with Crippen LogP contribution in [0.15, 0.2) is 0 Å². The number of amides is 1. The Morgan fingerprint density at radius 2 is 2.43 bits per heavy atom. The molecule has 5 heteroatoms. The van der Waals surface area contributed by atoms with E-state index < -0.39 is 10.8 Å². The summed E-state index contributed by atoms with van der Waals surface area (Å²) in [5.41, 5.74) is 0. The second-order valence-corrected chi connectivity index (χ2v) is 5.17. The number of piperidine rings is 1. The van der Waals surface area contributed by atoms with Gasteiger partial charge in [-0.3, -0.25) is 9.00 Å². The molecule has 1 fully saturated rings. The van der Waals surface area contributed by atoms with E-state index in [0.717, 1.165) is 25.9 Å². The predicted molar refractivity (Wildman–Crippen MR) is 57.5 cm³/mol. The fourth-order valence-electron chi connectivity index (χ4n) is 1.54. The molecule has 0 aromatic carbocycles. The van der Waals surface area contributed by atoms with Gasteiger partial charge in [0.05, 0.1) is 5.92 Å². The molecule has 1 amide bonds. The topological polar surface area (TPSA) is 58.2 Å². The van der Waals surface area contributed by atoms with Crippen molar-refractivity contribution in [2.75, 3.05) is 31.6 Å². The third-order valence-electron chi connectivity index (χ3n) is 2.36. The van der Waals surface area contributed by atoms with Crippen LogP contribution in [0.25, 0.3) is 0 Å². The van der Waals surface area contributed by atoms with Crippen LogP contribution in [0, 0.1) is 5.92 Å². The summed E-state index contributed by atoms with van der Waals surface area (Å²) in [6, 6.07) is 0. The van der Waals surface area contributed by atoms with Crippen LogP contribution in [0.4, 0.5) is 0 Å². The molecule has 1 aliphatic rings. The van der Waals surface area contributed by atoms with E-state index in [1.54, 1.807) is 6.26 Å². The first-order valence-electron chi connectivity index (χ1n) is 4.98. The lowest BCUT2D eigenvalue weighted by molar-refractivity contribution is -0.125. The van der Waals surface area contributed by atoms with Crippen LogP contribution in [-0.4, -0.2) is 41.8 Å². The molecule has 0 radical (unpaired) electrons. The Morgan fingerprint density at radius 1 is 1.64 bits per heavy atom. The number of hydrogen-bond donors (Lipinski definition) is 2. The lowest BCUT2D eigenvalue weighted by atomic mass is 9.99. The third kappa shape index (κ3) is 4.19. The highest BCUT2D eigenvalue weighted by Crippen LogP contribution is 2.09. The highest BCUT2D eigenvalue weighted by molar-refractivity contribution is 7.84. The van der Waals surface area contributed by atoms with Gasteiger partial charge in [0.2, 0.25) is 5.91 Å². The molecule has 14 heavy (non-hydrogen) atoms. The lowest BCUT2D eigenvalue weighted by Crippen LogP contribution is -2.41. The van der Waals surface area contributed by atoms with Gasteiger partial charge >= 0.3 is 0 Å². The van der Waals surface area contributed by atoms with Crippen LogP contribution in [0.1, 0.15) is 12.8 Å². The fourth-order valence-corrected chi connectivity index (χ4v) is 1.93. The summed E-state index contributed by atoms with van der Waals surface area (Å²) in [7, 11) is -0.817. The molecule has 0 bridgehead atoms. The zero-order chi connectivity index (χ0) is 10.4. The Morgan fingerprint density at radius 3 is 3.00 bits per heavy atom. The second-order valence-electron chi connectivity index (χ2n) is 3.61. The van der Waals surface area contributed by atoms with Crippen LogP contribution >= 0.6 is 0 Å². The number of nitrogens with one attached hydrogen (secondary N) is 2. The molecule has 0 spiro atoms. The van der Waals surface area contributed by atoms with Gasteiger partial charge < -0.3 is 10.6 Å². The predicted octanol–water partition coefficient (Wildman–Crippen LogP) is -0.519. The van der Waals surface area contributed by atoms with Gasteiger partial charge in [0.15, 0.2) is 0 Å². The minimum atomic E-state index is -0.817. The minimum absolute atomic E-state index is 0.0997. The summed E-state index contributed by atoms with van der Waals surface area (Å²) in [5.74, 6) is 0.753. The quantitative estimate of drug-likeness (QED) is 0.667. The molecule has 1 heterocycles. The molecular formula is C9H18N2O2S. The Hall–Kier alpha value is -0.420. The Balaban J connectivity index is 2.16. The summed E-state index contributed by atoms with van der Waals surface area (Å²) < 4.78 is 10.7. The van der Waals surface area contributed by atoms with E-state index >= 15 is 0 Å². The zero-order valence-electron chi connectivity index (χ0n) is 8.54. The van der Waals surface area contributed by atoms with Gasteiger partial charge in [0.1, 0.15) is 0 Å². The SMILES string of the molecule is CS(=O)CCNC(=O)[C@H]1CCCNC1. The average molecular weight is 218 g/mol. The average Bonchev–Trinajstić information content (AvgIpc) is 2.18. The van der Waals surface area contributed by atoms with Crippen molar-refractivity contribution in [2.24, 2.45) is 5.92 Å². The number of carbonyl (C=O) groups is 1. The Kier molecular flexibility index (Phi) is 5.11. The zero-order valence-corrected chi connectivity index (χ0v) is 9.36. The van der Waals surface area contributed by atoms with Gasteiger partial charge in [-0.15, -0.1) is 0 Å². The molecule has 1 aliphatic heterocycles. The minimum Gasteiger partial charge on any atom is -0.355 e. The number of rotatable bonds is 4. The fraction of sp³-hybridized carbons (Fsp3) is 0.889. The molecule has 1 rings (SSSR count). The summed E-state index contributed by atoms with van der Waals surface area (Å²) in [4.78, 5) is 11.5. The van der Waals surface area contributed by atoms with Gasteiger partial charge in [0.25, 0.3) is 0 Å². The molecule has 2 atom stereocenters. The highest BCUT2D eigenvalue weighted by atomic mass is 32.2. The summed E-state index contributed by atoms with van der Waals surface area (Å²) >= 11 is 0. The monoisotopic (exact) mass is 218 g/mol. The number of hydrogen-bond acceptors (Lipinski definition) is 3. The van der Waals surface area contributed by atoms with E-state index in [9.17, 15) is 9.00 Å². The van der Waals surface area contributed by atoms with E-state index in [-0.39, 0.29) is 11.8 Å². The van der Waals surface area contributed by atoms with Crippen molar-refractivity contribution in [1.82, 2.24) is 10.6 Å². The van der Waals surface area contributed by atoms with E-state index in [0.29, 0.717) is 12.3 Å². The van der Waals surface area contributed by atoms with Crippen molar-refractivity contribution >= 4 is 16.7 Å². The summed E-state index contributed by atoms with van der Waals surface area (Å²) in [5, 5.41) is 6.01. The maximum atomic E-state index is 11.5. The van der Waals surface area contributed by atoms with E-state index in [1.807, 2.05) is 0 Å². The van der Waals surface area contributed by atoms with Gasteiger partial charge in [-0.25, -0.2) is 0 Å². The molecule has 82 valence electrons. The second kappa shape index (κ2) is 6.14. The Bertz CT molecular complexity index is 215. The van der Waals surface area contributed by atoms with Crippen molar-refractivity contribution in [2.45, 2.75) is 12.8 Å². The largest absolute Gasteiger partial charge is 0.355 e. The lowest BCUT2D eigenvalue weighted by Gasteiger charge is -2.21. The molecule has 1 unspecified atom stereocenters. The first-order chi connectivity index (χ1) is 6.70. The van der Waals surface area contributed by atoms with Gasteiger partial charge in [-0.1, -0.05) is 0 Å². The molecular weight excluding hydrogens is 200 g/mol. The van der Waals surface area contributed by atoms with Crippen molar-refractivity contribution in [3.8, 4) is 0 Å². The first kappa shape index (κ1) is 11.7. The van der Waals surface area contributed by atoms with E-state index in [2.05, 4.69) is 10.6 Å². The first-order valence-corrected chi connectivity index (χ1v) is 6.71. The molecule has 0 saturated carbocycles. The molecule has 2 N–H and O–H groups in total. The normalized spacial score (nSPS) is 24.2. The molecule has 0 aromatic rings. The van der Waals surface area contributed by atoms with Crippen molar-refractivity contribution in [3.05, 3.63) is 0 Å². The highest BCUT2D eigenvalue weighted by Gasteiger charge is 2.19. The summed E-state index contributed by atoms with van der Waals surface area (Å²) in [6.07, 6.45) is 3.68. The number of carbonyl (C=O) groups excluding carboxylic acids is 1. The van der Waals surface area contributed by atoms with Crippen LogP contribution in [-0.2, 0) is 15.6 Å². The van der Waals surface area contributed by atoms with Crippen LogP contribution in [0.5, 0.6) is 0 Å². The van der Waals surface area contributed by atoms with Crippen molar-refractivity contribution < 1.29 is 9.00 Å². The van der Waals surface area contributed by atoms with Gasteiger partial charge in [-0.2, -0.15) is 0 Å². The van der Waals surface area contributed by atoms with Gasteiger partial charge in [-0.05, 0) is 19.4 Å². The smallest absolute Gasteiger partial charge is 0.224 e. The van der Waals surface area contributed by atoms with Crippen LogP contribution < -0.4 is 10.6 Å². The molecule has 0 aromatic heterocycles. The molecule has 4 nitrogen and oxygen atoms in total. The molecule has 1 saturated heterocycles. The van der Waals surface area contributed by atoms with Crippen LogP contribution in [0.3, 0.4) is 0 Å². The standard InChI is InChI=1S/C9H18N2O2S/c1-14(13)6-5-11-9(12)8-3-2-4-10-7-8/h8,10H,2-7H2,1H3,(H,11,12)/t8-,14?/m0/s1. The Labute approximate surface area is 87.3 Å². The van der Waals surface area contributed by atoms with Crippen LogP contribution in [0.2, 0.25) is 0 Å². The maximum Gasteiger partial charge on any atom is 0.224 e. The summed E-state index contributed by atoms with van der Waals surface area (Å²) in [6.45, 7) is 2.32.